The third kappa shape index (κ3) is 4.74. The lowest BCUT2D eigenvalue weighted by Gasteiger charge is -2.07. The second-order valence-electron chi connectivity index (χ2n) is 5.01. The van der Waals surface area contributed by atoms with Gasteiger partial charge in [-0.1, -0.05) is 54.6 Å². The van der Waals surface area contributed by atoms with Crippen molar-refractivity contribution in [2.75, 3.05) is 6.61 Å². The maximum absolute atomic E-state index is 8.24. The smallest absolute Gasteiger partial charge is 0.177 e. The second-order valence-corrected chi connectivity index (χ2v) is 5.01. The average Bonchev–Trinajstić information content (AvgIpc) is 2.58. The molecule has 0 bridgehead atoms. The van der Waals surface area contributed by atoms with Gasteiger partial charge in [0.05, 0.1) is 11.4 Å². The molecule has 0 amide bonds. The van der Waals surface area contributed by atoms with Gasteiger partial charge in [-0.05, 0) is 17.7 Å². The number of nitrogens with one attached hydrogen (secondary N) is 3. The highest BCUT2D eigenvalue weighted by atomic mass is 16.5. The summed E-state index contributed by atoms with van der Waals surface area (Å²) in [6, 6.07) is 16.8. The van der Waals surface area contributed by atoms with E-state index >= 15 is 0 Å². The Bertz CT molecular complexity index is 748. The maximum Gasteiger partial charge on any atom is 0.177 e. The zero-order chi connectivity index (χ0) is 16.7. The van der Waals surface area contributed by atoms with Crippen molar-refractivity contribution in [3.05, 3.63) is 77.4 Å². The molecule has 0 aliphatic rings. The number of rotatable bonds is 6. The van der Waals surface area contributed by atoms with Gasteiger partial charge in [0, 0.05) is 18.1 Å². The van der Waals surface area contributed by atoms with Crippen molar-refractivity contribution < 1.29 is 4.74 Å². The summed E-state index contributed by atoms with van der Waals surface area (Å²) in [5.41, 5.74) is 2.75. The second kappa shape index (κ2) is 7.84. The highest BCUT2D eigenvalue weighted by Gasteiger charge is 2.10. The third-order valence-corrected chi connectivity index (χ3v) is 3.19. The highest BCUT2D eigenvalue weighted by Crippen LogP contribution is 2.11. The molecule has 3 N–H and O–H groups in total. The topological polar surface area (TPSA) is 80.8 Å². The zero-order valence-corrected chi connectivity index (χ0v) is 13.0. The van der Waals surface area contributed by atoms with Crippen LogP contribution in [0.25, 0.3) is 6.08 Å². The molecule has 0 spiro atoms. The lowest BCUT2D eigenvalue weighted by atomic mass is 9.98. The largest absolute Gasteiger partial charge is 0.477 e. The maximum atomic E-state index is 8.24. The molecule has 0 saturated carbocycles. The van der Waals surface area contributed by atoms with Crippen LogP contribution in [0.4, 0.5) is 0 Å². The van der Waals surface area contributed by atoms with Crippen LogP contribution in [-0.2, 0) is 4.74 Å². The van der Waals surface area contributed by atoms with Crippen LogP contribution >= 0.6 is 0 Å². The van der Waals surface area contributed by atoms with Crippen molar-refractivity contribution in [3.63, 3.8) is 0 Å². The molecule has 0 heterocycles. The summed E-state index contributed by atoms with van der Waals surface area (Å²) in [5.74, 6) is 0.182. The normalized spacial score (nSPS) is 10.5. The minimum absolute atomic E-state index is 0.182. The van der Waals surface area contributed by atoms with Gasteiger partial charge in [0.15, 0.2) is 5.90 Å². The highest BCUT2D eigenvalue weighted by molar-refractivity contribution is 6.51. The van der Waals surface area contributed by atoms with E-state index in [9.17, 15) is 0 Å². The van der Waals surface area contributed by atoms with E-state index in [0.717, 1.165) is 11.1 Å². The minimum atomic E-state index is 0.182. The Morgan fingerprint density at radius 2 is 1.57 bits per heavy atom. The summed E-state index contributed by atoms with van der Waals surface area (Å²) >= 11 is 0. The Labute approximate surface area is 136 Å². The van der Waals surface area contributed by atoms with Crippen LogP contribution in [-0.4, -0.2) is 23.9 Å². The first-order valence-electron chi connectivity index (χ1n) is 7.26. The van der Waals surface area contributed by atoms with Crippen molar-refractivity contribution in [1.29, 1.82) is 16.2 Å². The third-order valence-electron chi connectivity index (χ3n) is 3.19. The zero-order valence-electron chi connectivity index (χ0n) is 13.0. The molecule has 4 nitrogen and oxygen atoms in total. The summed E-state index contributed by atoms with van der Waals surface area (Å²) in [6.45, 7) is 1.93. The number of benzene rings is 2. The Balaban J connectivity index is 2.11. The molecule has 2 aromatic carbocycles. The molecule has 0 aliphatic heterocycles. The van der Waals surface area contributed by atoms with Crippen LogP contribution in [0, 0.1) is 16.2 Å². The van der Waals surface area contributed by atoms with E-state index in [1.54, 1.807) is 6.92 Å². The van der Waals surface area contributed by atoms with Crippen molar-refractivity contribution in [3.8, 4) is 0 Å². The molecule has 0 aromatic heterocycles. The van der Waals surface area contributed by atoms with Gasteiger partial charge in [0.1, 0.15) is 6.61 Å². The molecule has 0 saturated heterocycles. The van der Waals surface area contributed by atoms with E-state index < -0.39 is 0 Å². The Kier molecular flexibility index (Phi) is 5.58. The van der Waals surface area contributed by atoms with Gasteiger partial charge >= 0.3 is 0 Å². The van der Waals surface area contributed by atoms with E-state index in [2.05, 4.69) is 0 Å². The molecule has 23 heavy (non-hydrogen) atoms. The minimum Gasteiger partial charge on any atom is -0.477 e. The van der Waals surface area contributed by atoms with Crippen LogP contribution in [0.3, 0.4) is 0 Å². The molecule has 2 aromatic rings. The van der Waals surface area contributed by atoms with E-state index in [4.69, 9.17) is 21.0 Å². The first-order valence-corrected chi connectivity index (χ1v) is 7.26. The average molecular weight is 305 g/mol. The Morgan fingerprint density at radius 1 is 0.913 bits per heavy atom. The van der Waals surface area contributed by atoms with E-state index in [1.807, 2.05) is 66.7 Å². The molecule has 0 aliphatic carbocycles. The van der Waals surface area contributed by atoms with Crippen LogP contribution in [0.5, 0.6) is 0 Å². The molecule has 116 valence electrons. The summed E-state index contributed by atoms with van der Waals surface area (Å²) in [5, 5.41) is 23.6. The van der Waals surface area contributed by atoms with Crippen molar-refractivity contribution in [2.24, 2.45) is 0 Å². The number of hydrogen-bond donors (Lipinski definition) is 3. The monoisotopic (exact) mass is 305 g/mol. The summed E-state index contributed by atoms with van der Waals surface area (Å²) in [4.78, 5) is 0. The van der Waals surface area contributed by atoms with Crippen molar-refractivity contribution in [2.45, 2.75) is 6.92 Å². The molecule has 0 radical (unpaired) electrons. The molecular weight excluding hydrogens is 286 g/mol. The lowest BCUT2D eigenvalue weighted by Crippen LogP contribution is -2.14. The quantitative estimate of drug-likeness (QED) is 0.544. The number of hydrogen-bond acceptors (Lipinski definition) is 4. The van der Waals surface area contributed by atoms with Gasteiger partial charge in [-0.15, -0.1) is 0 Å². The van der Waals surface area contributed by atoms with Gasteiger partial charge in [0.25, 0.3) is 0 Å². The van der Waals surface area contributed by atoms with Gasteiger partial charge in [-0.25, -0.2) is 0 Å². The summed E-state index contributed by atoms with van der Waals surface area (Å²) < 4.78 is 5.06. The molecule has 0 unspecified atom stereocenters. The number of ether oxygens (including phenoxy) is 1. The molecule has 0 fully saturated rings. The van der Waals surface area contributed by atoms with Crippen LogP contribution in [0.1, 0.15) is 23.6 Å². The fourth-order valence-corrected chi connectivity index (χ4v) is 2.05. The molecule has 4 heteroatoms. The van der Waals surface area contributed by atoms with Gasteiger partial charge in [-0.3, -0.25) is 16.2 Å². The van der Waals surface area contributed by atoms with E-state index in [0.29, 0.717) is 12.2 Å². The summed E-state index contributed by atoms with van der Waals surface area (Å²) in [7, 11) is 0. The van der Waals surface area contributed by atoms with Gasteiger partial charge in [-0.2, -0.15) is 0 Å². The van der Waals surface area contributed by atoms with E-state index in [1.165, 1.54) is 0 Å². The predicted molar refractivity (Wildman–Crippen MR) is 94.9 cm³/mol. The van der Waals surface area contributed by atoms with Crippen molar-refractivity contribution >= 4 is 23.4 Å². The summed E-state index contributed by atoms with van der Waals surface area (Å²) in [6.07, 6.45) is 3.70. The van der Waals surface area contributed by atoms with Crippen LogP contribution < -0.4 is 0 Å². The fourth-order valence-electron chi connectivity index (χ4n) is 2.05. The fraction of sp³-hybridized carbons (Fsp3) is 0.105. The molecule has 2 rings (SSSR count). The van der Waals surface area contributed by atoms with Crippen molar-refractivity contribution in [1.82, 2.24) is 0 Å². The van der Waals surface area contributed by atoms with Gasteiger partial charge < -0.3 is 4.74 Å². The van der Waals surface area contributed by atoms with Crippen LogP contribution in [0.2, 0.25) is 0 Å². The molecular formula is C19H19N3O. The Hall–Kier alpha value is -3.01. The predicted octanol–water partition coefficient (Wildman–Crippen LogP) is 4.15. The Morgan fingerprint density at radius 3 is 2.26 bits per heavy atom. The lowest BCUT2D eigenvalue weighted by molar-refractivity contribution is 0.345. The molecule has 0 atom stereocenters. The SMILES string of the molecule is CC(=N)OC/C=C/c1cccc(C(=N)C(=N)c2ccccc2)c1. The van der Waals surface area contributed by atoms with Gasteiger partial charge in [0.2, 0.25) is 0 Å². The standard InChI is InChI=1S/C19H19N3O/c1-14(20)23-12-6-8-15-7-5-11-17(13-15)19(22)18(21)16-9-3-2-4-10-16/h2-11,13,20-22H,12H2,1H3/b8-6+,20-14?,21-18?,22-19?. The van der Waals surface area contributed by atoms with Crippen LogP contribution in [0.15, 0.2) is 60.7 Å². The first kappa shape index (κ1) is 16.4. The first-order chi connectivity index (χ1) is 11.1. The van der Waals surface area contributed by atoms with E-state index in [-0.39, 0.29) is 17.3 Å².